The first-order valence-electron chi connectivity index (χ1n) is 7.59. The van der Waals surface area contributed by atoms with Crippen molar-refractivity contribution in [1.82, 2.24) is 15.2 Å². The molecule has 0 saturated carbocycles. The van der Waals surface area contributed by atoms with Crippen LogP contribution in [0.15, 0.2) is 24.4 Å². The molecule has 2 N–H and O–H groups in total. The van der Waals surface area contributed by atoms with Gasteiger partial charge in [0.15, 0.2) is 0 Å². The molecule has 1 atom stereocenters. The van der Waals surface area contributed by atoms with Crippen molar-refractivity contribution in [3.63, 3.8) is 0 Å². The van der Waals surface area contributed by atoms with Crippen molar-refractivity contribution in [2.75, 3.05) is 20.6 Å². The number of nitrogens with zero attached hydrogens (tertiary/aromatic N) is 1. The quantitative estimate of drug-likeness (QED) is 0.813. The van der Waals surface area contributed by atoms with Crippen LogP contribution in [-0.4, -0.2) is 36.6 Å². The summed E-state index contributed by atoms with van der Waals surface area (Å²) in [4.78, 5) is 5.54. The molecule has 1 heterocycles. The monoisotopic (exact) mass is 307 g/mol. The van der Waals surface area contributed by atoms with Crippen LogP contribution in [0.5, 0.6) is 0 Å². The van der Waals surface area contributed by atoms with Gasteiger partial charge in [-0.2, -0.15) is 0 Å². The van der Waals surface area contributed by atoms with Gasteiger partial charge in [-0.25, -0.2) is 0 Å². The molecule has 0 bridgehead atoms. The van der Waals surface area contributed by atoms with Crippen molar-refractivity contribution in [3.8, 4) is 0 Å². The fraction of sp³-hybridized carbons (Fsp3) is 0.529. The standard InChI is InChI=1S/C17H26ClN3/c1-12(2)7-15(11-21(3)4)19-9-13-10-20-17-8-14(18)5-6-16(13)17/h5-6,8,10,12,15,19-20H,7,9,11H2,1-4H3. The van der Waals surface area contributed by atoms with E-state index in [9.17, 15) is 0 Å². The van der Waals surface area contributed by atoms with Crippen LogP contribution >= 0.6 is 11.6 Å². The molecule has 2 aromatic rings. The molecule has 0 amide bonds. The maximum Gasteiger partial charge on any atom is 0.0472 e. The van der Waals surface area contributed by atoms with E-state index in [1.54, 1.807) is 0 Å². The highest BCUT2D eigenvalue weighted by molar-refractivity contribution is 6.31. The third kappa shape index (κ3) is 4.73. The van der Waals surface area contributed by atoms with E-state index in [0.29, 0.717) is 12.0 Å². The summed E-state index contributed by atoms with van der Waals surface area (Å²) in [5.74, 6) is 0.698. The van der Waals surface area contributed by atoms with E-state index in [4.69, 9.17) is 11.6 Å². The van der Waals surface area contributed by atoms with Crippen LogP contribution in [0.3, 0.4) is 0 Å². The Hall–Kier alpha value is -1.03. The number of fused-ring (bicyclic) bond motifs is 1. The fourth-order valence-corrected chi connectivity index (χ4v) is 2.96. The predicted octanol–water partition coefficient (Wildman–Crippen LogP) is 3.89. The van der Waals surface area contributed by atoms with Gasteiger partial charge in [-0.05, 0) is 44.1 Å². The average Bonchev–Trinajstić information content (AvgIpc) is 2.76. The molecule has 116 valence electrons. The molecule has 1 unspecified atom stereocenters. The van der Waals surface area contributed by atoms with Gasteiger partial charge < -0.3 is 15.2 Å². The first kappa shape index (κ1) is 16.3. The first-order chi connectivity index (χ1) is 9.95. The van der Waals surface area contributed by atoms with Crippen LogP contribution in [0.4, 0.5) is 0 Å². The molecule has 0 aliphatic carbocycles. The lowest BCUT2D eigenvalue weighted by molar-refractivity contribution is 0.305. The number of halogens is 1. The second kappa shape index (κ2) is 7.30. The Morgan fingerprint density at radius 3 is 2.71 bits per heavy atom. The highest BCUT2D eigenvalue weighted by Gasteiger charge is 2.12. The van der Waals surface area contributed by atoms with Crippen molar-refractivity contribution >= 4 is 22.5 Å². The molecule has 2 rings (SSSR count). The van der Waals surface area contributed by atoms with Crippen molar-refractivity contribution in [1.29, 1.82) is 0 Å². The number of rotatable bonds is 7. The zero-order valence-corrected chi connectivity index (χ0v) is 14.2. The number of likely N-dealkylation sites (N-methyl/N-ethyl adjacent to an activating group) is 1. The lowest BCUT2D eigenvalue weighted by Crippen LogP contribution is -2.38. The summed E-state index contributed by atoms with van der Waals surface area (Å²) in [5, 5.41) is 5.72. The average molecular weight is 308 g/mol. The van der Waals surface area contributed by atoms with Gasteiger partial charge in [0.25, 0.3) is 0 Å². The van der Waals surface area contributed by atoms with Gasteiger partial charge in [0.05, 0.1) is 0 Å². The molecule has 0 saturated heterocycles. The molecule has 0 radical (unpaired) electrons. The van der Waals surface area contributed by atoms with Crippen LogP contribution in [0.25, 0.3) is 10.9 Å². The Bertz CT molecular complexity index is 564. The Kier molecular flexibility index (Phi) is 5.68. The van der Waals surface area contributed by atoms with Crippen LogP contribution in [0, 0.1) is 5.92 Å². The largest absolute Gasteiger partial charge is 0.361 e. The molecule has 0 spiro atoms. The third-order valence-corrected chi connectivity index (χ3v) is 3.89. The van der Waals surface area contributed by atoms with E-state index in [-0.39, 0.29) is 0 Å². The van der Waals surface area contributed by atoms with Crippen LogP contribution in [0.2, 0.25) is 5.02 Å². The van der Waals surface area contributed by atoms with Gasteiger partial charge in [0.2, 0.25) is 0 Å². The van der Waals surface area contributed by atoms with E-state index in [1.165, 1.54) is 17.4 Å². The summed E-state index contributed by atoms with van der Waals surface area (Å²) in [5.41, 5.74) is 2.40. The smallest absolute Gasteiger partial charge is 0.0472 e. The van der Waals surface area contributed by atoms with Crippen molar-refractivity contribution in [2.24, 2.45) is 5.92 Å². The minimum absolute atomic E-state index is 0.511. The molecule has 1 aromatic carbocycles. The normalized spacial score (nSPS) is 13.5. The molecule has 4 heteroatoms. The van der Waals surface area contributed by atoms with Gasteiger partial charge in [0.1, 0.15) is 0 Å². The Labute approximate surface area is 132 Å². The summed E-state index contributed by atoms with van der Waals surface area (Å²) in [6.45, 7) is 6.50. The summed E-state index contributed by atoms with van der Waals surface area (Å²) < 4.78 is 0. The third-order valence-electron chi connectivity index (χ3n) is 3.65. The van der Waals surface area contributed by atoms with Gasteiger partial charge >= 0.3 is 0 Å². The van der Waals surface area contributed by atoms with Gasteiger partial charge in [-0.15, -0.1) is 0 Å². The summed E-state index contributed by atoms with van der Waals surface area (Å²) in [6, 6.07) is 6.53. The number of nitrogens with one attached hydrogen (secondary N) is 2. The van der Waals surface area contributed by atoms with Crippen LogP contribution < -0.4 is 5.32 Å². The van der Waals surface area contributed by atoms with E-state index in [0.717, 1.165) is 23.6 Å². The first-order valence-corrected chi connectivity index (χ1v) is 7.97. The molecule has 0 aliphatic rings. The lowest BCUT2D eigenvalue weighted by Gasteiger charge is -2.24. The Morgan fingerprint density at radius 1 is 1.29 bits per heavy atom. The van der Waals surface area contributed by atoms with Gasteiger partial charge in [-0.3, -0.25) is 0 Å². The second-order valence-corrected chi connectivity index (χ2v) is 6.91. The molecule has 0 fully saturated rings. The Morgan fingerprint density at radius 2 is 2.05 bits per heavy atom. The van der Waals surface area contributed by atoms with E-state index in [1.807, 2.05) is 12.1 Å². The van der Waals surface area contributed by atoms with Crippen LogP contribution in [-0.2, 0) is 6.54 Å². The van der Waals surface area contributed by atoms with E-state index < -0.39 is 0 Å². The van der Waals surface area contributed by atoms with Gasteiger partial charge in [-0.1, -0.05) is 31.5 Å². The number of benzene rings is 1. The second-order valence-electron chi connectivity index (χ2n) is 6.47. The number of hydrogen-bond donors (Lipinski definition) is 2. The number of H-pyrrole nitrogens is 1. The predicted molar refractivity (Wildman–Crippen MR) is 91.9 cm³/mol. The maximum atomic E-state index is 6.03. The SMILES string of the molecule is CC(C)CC(CN(C)C)NCc1c[nH]c2cc(Cl)ccc12. The zero-order valence-electron chi connectivity index (χ0n) is 13.4. The lowest BCUT2D eigenvalue weighted by atomic mass is 10.0. The highest BCUT2D eigenvalue weighted by atomic mass is 35.5. The fourth-order valence-electron chi connectivity index (χ4n) is 2.79. The topological polar surface area (TPSA) is 31.1 Å². The van der Waals surface area contributed by atoms with Gasteiger partial charge in [0, 0.05) is 41.3 Å². The Balaban J connectivity index is 2.04. The number of aromatic amines is 1. The van der Waals surface area contributed by atoms with Crippen molar-refractivity contribution < 1.29 is 0 Å². The van der Waals surface area contributed by atoms with E-state index >= 15 is 0 Å². The zero-order chi connectivity index (χ0) is 15.4. The summed E-state index contributed by atoms with van der Waals surface area (Å²) in [7, 11) is 4.26. The molecular weight excluding hydrogens is 282 g/mol. The molecule has 1 aromatic heterocycles. The molecule has 21 heavy (non-hydrogen) atoms. The summed E-state index contributed by atoms with van der Waals surface area (Å²) >= 11 is 6.03. The molecule has 0 aliphatic heterocycles. The van der Waals surface area contributed by atoms with Crippen LogP contribution in [0.1, 0.15) is 25.8 Å². The number of hydrogen-bond acceptors (Lipinski definition) is 2. The minimum Gasteiger partial charge on any atom is -0.361 e. The maximum absolute atomic E-state index is 6.03. The summed E-state index contributed by atoms with van der Waals surface area (Å²) in [6.07, 6.45) is 3.27. The van der Waals surface area contributed by atoms with Crippen molar-refractivity contribution in [3.05, 3.63) is 35.0 Å². The number of aromatic nitrogens is 1. The van der Waals surface area contributed by atoms with E-state index in [2.05, 4.69) is 55.4 Å². The molecule has 3 nitrogen and oxygen atoms in total. The van der Waals surface area contributed by atoms with Crippen molar-refractivity contribution in [2.45, 2.75) is 32.9 Å². The highest BCUT2D eigenvalue weighted by Crippen LogP contribution is 2.22. The molecular formula is C17H26ClN3. The minimum atomic E-state index is 0.511.